The molecule has 1 aliphatic carbocycles. The van der Waals surface area contributed by atoms with Gasteiger partial charge >= 0.3 is 0 Å². The maximum atomic E-state index is 2.56. The number of benzene rings is 9. The smallest absolute Gasteiger partial charge is 0.0618 e. The van der Waals surface area contributed by atoms with Gasteiger partial charge < -0.3 is 9.80 Å². The minimum atomic E-state index is -0.244. The van der Waals surface area contributed by atoms with E-state index in [9.17, 15) is 0 Å². The summed E-state index contributed by atoms with van der Waals surface area (Å²) in [5.74, 6) is 0. The Morgan fingerprint density at radius 3 is 1.78 bits per heavy atom. The Morgan fingerprint density at radius 2 is 0.948 bits per heavy atom. The molecule has 0 amide bonds. The van der Waals surface area contributed by atoms with Gasteiger partial charge in [-0.1, -0.05) is 185 Å². The van der Waals surface area contributed by atoms with Gasteiger partial charge in [0.05, 0.1) is 22.7 Å². The van der Waals surface area contributed by atoms with Crippen molar-refractivity contribution in [1.82, 2.24) is 0 Å². The van der Waals surface area contributed by atoms with Gasteiger partial charge in [-0.2, -0.15) is 0 Å². The number of nitrogens with zero attached hydrogens (tertiary/aromatic N) is 2. The van der Waals surface area contributed by atoms with Crippen LogP contribution in [0.2, 0.25) is 0 Å². The summed E-state index contributed by atoms with van der Waals surface area (Å²) in [6, 6.07) is 72.0. The van der Waals surface area contributed by atoms with E-state index in [0.717, 1.165) is 17.1 Å². The highest BCUT2D eigenvalue weighted by atomic mass is 15.2. The number of hydrogen-bond donors (Lipinski definition) is 0. The Labute approximate surface area is 341 Å². The maximum absolute atomic E-state index is 2.56. The third kappa shape index (κ3) is 5.04. The van der Waals surface area contributed by atoms with Crippen molar-refractivity contribution < 1.29 is 0 Å². The highest BCUT2D eigenvalue weighted by molar-refractivity contribution is 6.08. The molecule has 0 bridgehead atoms. The Hall–Kier alpha value is -6.90. The molecule has 11 rings (SSSR count). The van der Waals surface area contributed by atoms with Gasteiger partial charge in [0.2, 0.25) is 0 Å². The summed E-state index contributed by atoms with van der Waals surface area (Å²) in [5, 5.41) is 4.88. The molecule has 2 heteroatoms. The molecule has 1 aliphatic heterocycles. The van der Waals surface area contributed by atoms with Gasteiger partial charge in [-0.15, -0.1) is 0 Å². The van der Waals surface area contributed by atoms with Gasteiger partial charge in [0.25, 0.3) is 0 Å². The average molecular weight is 745 g/mol. The number of anilines is 6. The standard InChI is InChI=1S/C56H44N2/c1-55(2)47-25-13-12-24-45(47)46-33-30-40(35-50(46)55)57(51-28-16-21-37-19-8-10-22-42(37)51)41-31-34-49-53(36-41)58(52-27-15-14-26-48(52)56(49,3)4)54-43-23-11-9-20-39(43)29-32-44(54)38-17-6-5-7-18-38/h5-36H,1-4H3. The van der Waals surface area contributed by atoms with E-state index in [1.54, 1.807) is 0 Å². The van der Waals surface area contributed by atoms with Crippen molar-refractivity contribution >= 4 is 55.7 Å². The largest absolute Gasteiger partial charge is 0.310 e. The monoisotopic (exact) mass is 744 g/mol. The summed E-state index contributed by atoms with van der Waals surface area (Å²) < 4.78 is 0. The lowest BCUT2D eigenvalue weighted by molar-refractivity contribution is 0.632. The Kier molecular flexibility index (Phi) is 7.59. The van der Waals surface area contributed by atoms with Crippen LogP contribution in [0.5, 0.6) is 0 Å². The fourth-order valence-corrected chi connectivity index (χ4v) is 10.1. The first kappa shape index (κ1) is 34.4. The molecule has 9 aromatic rings. The molecule has 0 aromatic heterocycles. The molecule has 0 atom stereocenters. The molecule has 2 nitrogen and oxygen atoms in total. The molecule has 0 radical (unpaired) electrons. The maximum Gasteiger partial charge on any atom is 0.0618 e. The first-order valence-electron chi connectivity index (χ1n) is 20.4. The highest BCUT2D eigenvalue weighted by Gasteiger charge is 2.39. The summed E-state index contributed by atoms with van der Waals surface area (Å²) in [4.78, 5) is 5.06. The van der Waals surface area contributed by atoms with Crippen LogP contribution < -0.4 is 9.80 Å². The molecule has 1 heterocycles. The van der Waals surface area contributed by atoms with Crippen LogP contribution in [0.1, 0.15) is 49.9 Å². The molecule has 0 spiro atoms. The lowest BCUT2D eigenvalue weighted by Gasteiger charge is -2.43. The lowest BCUT2D eigenvalue weighted by atomic mass is 9.73. The quantitative estimate of drug-likeness (QED) is 0.173. The number of fused-ring (bicyclic) bond motifs is 7. The van der Waals surface area contributed by atoms with Crippen LogP contribution in [0, 0.1) is 0 Å². The fraction of sp³-hybridized carbons (Fsp3) is 0.107. The van der Waals surface area contributed by atoms with Gasteiger partial charge in [-0.3, -0.25) is 0 Å². The normalized spacial score (nSPS) is 14.4. The second-order valence-corrected chi connectivity index (χ2v) is 17.0. The van der Waals surface area contributed by atoms with Crippen molar-refractivity contribution in [1.29, 1.82) is 0 Å². The zero-order valence-corrected chi connectivity index (χ0v) is 33.4. The van der Waals surface area contributed by atoms with Crippen LogP contribution in [-0.4, -0.2) is 0 Å². The van der Waals surface area contributed by atoms with E-state index >= 15 is 0 Å². The van der Waals surface area contributed by atoms with Gasteiger partial charge in [0.1, 0.15) is 0 Å². The molecule has 0 saturated carbocycles. The van der Waals surface area contributed by atoms with Gasteiger partial charge in [-0.05, 0) is 86.1 Å². The van der Waals surface area contributed by atoms with E-state index in [-0.39, 0.29) is 10.8 Å². The van der Waals surface area contributed by atoms with Crippen molar-refractivity contribution in [3.8, 4) is 22.3 Å². The van der Waals surface area contributed by atoms with Crippen molar-refractivity contribution in [3.05, 3.63) is 216 Å². The Bertz CT molecular complexity index is 3080. The van der Waals surface area contributed by atoms with Crippen LogP contribution >= 0.6 is 0 Å². The van der Waals surface area contributed by atoms with Crippen LogP contribution in [0.15, 0.2) is 194 Å². The molecule has 0 unspecified atom stereocenters. The van der Waals surface area contributed by atoms with Crippen molar-refractivity contribution in [2.24, 2.45) is 0 Å². The topological polar surface area (TPSA) is 6.48 Å². The zero-order valence-electron chi connectivity index (χ0n) is 33.4. The van der Waals surface area contributed by atoms with Gasteiger partial charge in [0.15, 0.2) is 0 Å². The van der Waals surface area contributed by atoms with Crippen molar-refractivity contribution in [2.75, 3.05) is 9.80 Å². The van der Waals surface area contributed by atoms with Crippen LogP contribution in [-0.2, 0) is 10.8 Å². The fourth-order valence-electron chi connectivity index (χ4n) is 10.1. The lowest BCUT2D eigenvalue weighted by Crippen LogP contribution is -2.31. The van der Waals surface area contributed by atoms with Crippen molar-refractivity contribution in [3.63, 3.8) is 0 Å². The first-order chi connectivity index (χ1) is 28.3. The van der Waals surface area contributed by atoms with E-state index in [0.29, 0.717) is 0 Å². The third-order valence-corrected chi connectivity index (χ3v) is 13.0. The SMILES string of the molecule is CC1(C)c2ccccc2-c2ccc(N(c3ccc4c(c3)N(c3c(-c5ccccc5)ccc5ccccc35)c3ccccc3C4(C)C)c3cccc4ccccc34)cc21. The van der Waals surface area contributed by atoms with Crippen LogP contribution in [0.4, 0.5) is 34.1 Å². The second kappa shape index (κ2) is 12.8. The van der Waals surface area contributed by atoms with Crippen molar-refractivity contribution in [2.45, 2.75) is 38.5 Å². The molecule has 9 aromatic carbocycles. The van der Waals surface area contributed by atoms with E-state index in [1.165, 1.54) is 83.1 Å². The Morgan fingerprint density at radius 1 is 0.379 bits per heavy atom. The second-order valence-electron chi connectivity index (χ2n) is 17.0. The van der Waals surface area contributed by atoms with E-state index in [4.69, 9.17) is 0 Å². The summed E-state index contributed by atoms with van der Waals surface area (Å²) in [6.07, 6.45) is 0. The predicted octanol–water partition coefficient (Wildman–Crippen LogP) is 15.5. The molecular formula is C56H44N2. The molecular weight excluding hydrogens is 701 g/mol. The van der Waals surface area contributed by atoms with E-state index in [2.05, 4.69) is 232 Å². The first-order valence-corrected chi connectivity index (χ1v) is 20.4. The number of rotatable bonds is 5. The Balaban J connectivity index is 1.20. The third-order valence-electron chi connectivity index (χ3n) is 13.0. The van der Waals surface area contributed by atoms with Gasteiger partial charge in [0, 0.05) is 38.5 Å². The van der Waals surface area contributed by atoms with E-state index < -0.39 is 0 Å². The van der Waals surface area contributed by atoms with Crippen LogP contribution in [0.25, 0.3) is 43.8 Å². The molecule has 58 heavy (non-hydrogen) atoms. The summed E-state index contributed by atoms with van der Waals surface area (Å²) >= 11 is 0. The minimum Gasteiger partial charge on any atom is -0.310 e. The van der Waals surface area contributed by atoms with Crippen LogP contribution in [0.3, 0.4) is 0 Å². The van der Waals surface area contributed by atoms with E-state index in [1.807, 2.05) is 0 Å². The predicted molar refractivity (Wildman–Crippen MR) is 246 cm³/mol. The van der Waals surface area contributed by atoms with Gasteiger partial charge in [-0.25, -0.2) is 0 Å². The molecule has 0 N–H and O–H groups in total. The molecule has 0 saturated heterocycles. The average Bonchev–Trinajstić information content (AvgIpc) is 3.49. The highest BCUT2D eigenvalue weighted by Crippen LogP contribution is 2.57. The number of hydrogen-bond acceptors (Lipinski definition) is 2. The summed E-state index contributed by atoms with van der Waals surface area (Å²) in [5.41, 5.74) is 17.0. The zero-order chi connectivity index (χ0) is 39.2. The molecule has 2 aliphatic rings. The number of para-hydroxylation sites is 1. The summed E-state index contributed by atoms with van der Waals surface area (Å²) in [7, 11) is 0. The minimum absolute atomic E-state index is 0.130. The molecule has 278 valence electrons. The summed E-state index contributed by atoms with van der Waals surface area (Å²) in [6.45, 7) is 9.50. The molecule has 0 fully saturated rings.